The number of likely N-dealkylation sites (N-methyl/N-ethyl adjacent to an activating group) is 2. The van der Waals surface area contributed by atoms with Gasteiger partial charge in [-0.2, -0.15) is 0 Å². The molecule has 6 heteroatoms. The molecule has 0 aromatic carbocycles. The zero-order valence-corrected chi connectivity index (χ0v) is 9.82. The third kappa shape index (κ3) is 3.32. The Labute approximate surface area is 94.5 Å². The van der Waals surface area contributed by atoms with Gasteiger partial charge in [-0.25, -0.2) is 0 Å². The summed E-state index contributed by atoms with van der Waals surface area (Å²) in [5.41, 5.74) is 0.311. The Hall–Kier alpha value is -1.40. The molecule has 16 heavy (non-hydrogen) atoms. The number of nitrogens with one attached hydrogen (secondary N) is 1. The molecule has 1 amide bonds. The molecule has 0 bridgehead atoms. The number of amides is 1. The monoisotopic (exact) mass is 227 g/mol. The molecule has 0 saturated heterocycles. The smallest absolute Gasteiger partial charge is 0.275 e. The van der Waals surface area contributed by atoms with Crippen molar-refractivity contribution in [3.05, 3.63) is 17.5 Å². The number of rotatable bonds is 6. The second-order valence-electron chi connectivity index (χ2n) is 3.44. The van der Waals surface area contributed by atoms with Crippen molar-refractivity contribution in [3.8, 4) is 0 Å². The van der Waals surface area contributed by atoms with Gasteiger partial charge in [-0.1, -0.05) is 5.16 Å². The van der Waals surface area contributed by atoms with E-state index in [4.69, 9.17) is 9.26 Å². The van der Waals surface area contributed by atoms with Crippen LogP contribution in [0.1, 0.15) is 16.2 Å². The van der Waals surface area contributed by atoms with E-state index >= 15 is 0 Å². The Morgan fingerprint density at radius 2 is 2.44 bits per heavy atom. The molecule has 1 aromatic heterocycles. The summed E-state index contributed by atoms with van der Waals surface area (Å²) in [5, 5.41) is 6.67. The van der Waals surface area contributed by atoms with E-state index in [0.29, 0.717) is 24.6 Å². The first-order chi connectivity index (χ1) is 7.69. The predicted molar refractivity (Wildman–Crippen MR) is 58.1 cm³/mol. The molecule has 6 nitrogen and oxygen atoms in total. The number of aromatic nitrogens is 1. The van der Waals surface area contributed by atoms with Gasteiger partial charge in [-0.05, 0) is 7.05 Å². The van der Waals surface area contributed by atoms with Gasteiger partial charge in [0.25, 0.3) is 5.91 Å². The van der Waals surface area contributed by atoms with E-state index in [1.54, 1.807) is 25.1 Å². The molecule has 0 radical (unpaired) electrons. The summed E-state index contributed by atoms with van der Waals surface area (Å²) in [6.45, 7) is 1.69. The lowest BCUT2D eigenvalue weighted by Gasteiger charge is -2.14. The zero-order chi connectivity index (χ0) is 12.0. The lowest BCUT2D eigenvalue weighted by molar-refractivity contribution is 0.0786. The molecule has 0 aliphatic rings. The molecule has 0 spiro atoms. The first kappa shape index (κ1) is 12.7. The van der Waals surface area contributed by atoms with Crippen molar-refractivity contribution < 1.29 is 14.1 Å². The summed E-state index contributed by atoms with van der Waals surface area (Å²) < 4.78 is 9.82. The molecule has 0 saturated carbocycles. The molecule has 0 atom stereocenters. The Kier molecular flexibility index (Phi) is 4.94. The second kappa shape index (κ2) is 6.24. The summed E-state index contributed by atoms with van der Waals surface area (Å²) in [4.78, 5) is 13.4. The van der Waals surface area contributed by atoms with Crippen LogP contribution in [0.5, 0.6) is 0 Å². The number of nitrogens with zero attached hydrogens (tertiary/aromatic N) is 2. The number of ether oxygens (including phenoxy) is 1. The van der Waals surface area contributed by atoms with E-state index in [1.807, 2.05) is 7.05 Å². The standard InChI is InChI=1S/C10H17N3O3/c1-11-4-5-13(2)10(14)9-6-8(7-15-3)16-12-9/h6,11H,4-5,7H2,1-3H3. The maximum Gasteiger partial charge on any atom is 0.275 e. The molecular weight excluding hydrogens is 210 g/mol. The van der Waals surface area contributed by atoms with Gasteiger partial charge in [-0.3, -0.25) is 4.79 Å². The van der Waals surface area contributed by atoms with Gasteiger partial charge >= 0.3 is 0 Å². The molecule has 0 aliphatic carbocycles. The van der Waals surface area contributed by atoms with E-state index in [2.05, 4.69) is 10.5 Å². The Balaban J connectivity index is 2.57. The van der Waals surface area contributed by atoms with Gasteiger partial charge in [0.15, 0.2) is 11.5 Å². The topological polar surface area (TPSA) is 67.6 Å². The van der Waals surface area contributed by atoms with Crippen molar-refractivity contribution >= 4 is 5.91 Å². The molecule has 0 unspecified atom stereocenters. The number of methoxy groups -OCH3 is 1. The molecule has 1 aromatic rings. The fraction of sp³-hybridized carbons (Fsp3) is 0.600. The van der Waals surface area contributed by atoms with E-state index < -0.39 is 0 Å². The van der Waals surface area contributed by atoms with Gasteiger partial charge in [0, 0.05) is 33.3 Å². The van der Waals surface area contributed by atoms with Crippen LogP contribution < -0.4 is 5.32 Å². The highest BCUT2D eigenvalue weighted by Crippen LogP contribution is 2.06. The molecule has 0 fully saturated rings. The van der Waals surface area contributed by atoms with Crippen molar-refractivity contribution in [2.45, 2.75) is 6.61 Å². The van der Waals surface area contributed by atoms with Gasteiger partial charge in [0.05, 0.1) is 0 Å². The minimum absolute atomic E-state index is 0.152. The summed E-state index contributed by atoms with van der Waals surface area (Å²) in [6.07, 6.45) is 0. The van der Waals surface area contributed by atoms with Gasteiger partial charge in [0.2, 0.25) is 0 Å². The highest BCUT2D eigenvalue weighted by Gasteiger charge is 2.16. The molecule has 1 N–H and O–H groups in total. The summed E-state index contributed by atoms with van der Waals surface area (Å²) in [7, 11) is 5.12. The first-order valence-corrected chi connectivity index (χ1v) is 5.03. The van der Waals surface area contributed by atoms with Crippen molar-refractivity contribution in [1.29, 1.82) is 0 Å². The van der Waals surface area contributed by atoms with Gasteiger partial charge in [-0.15, -0.1) is 0 Å². The van der Waals surface area contributed by atoms with Crippen LogP contribution in [-0.2, 0) is 11.3 Å². The average Bonchev–Trinajstić information content (AvgIpc) is 2.74. The van der Waals surface area contributed by atoms with E-state index in [9.17, 15) is 4.79 Å². The fourth-order valence-corrected chi connectivity index (χ4v) is 1.20. The Morgan fingerprint density at radius 1 is 1.69 bits per heavy atom. The minimum atomic E-state index is -0.152. The minimum Gasteiger partial charge on any atom is -0.377 e. The molecule has 90 valence electrons. The Morgan fingerprint density at radius 3 is 3.06 bits per heavy atom. The van der Waals surface area contributed by atoms with Crippen LogP contribution in [0.25, 0.3) is 0 Å². The van der Waals surface area contributed by atoms with Gasteiger partial charge in [0.1, 0.15) is 6.61 Å². The van der Waals surface area contributed by atoms with Crippen LogP contribution in [0.4, 0.5) is 0 Å². The van der Waals surface area contributed by atoms with Crippen LogP contribution in [0.3, 0.4) is 0 Å². The van der Waals surface area contributed by atoms with Crippen LogP contribution in [-0.4, -0.2) is 50.3 Å². The highest BCUT2D eigenvalue weighted by atomic mass is 16.5. The summed E-state index contributed by atoms with van der Waals surface area (Å²) >= 11 is 0. The van der Waals surface area contributed by atoms with Crippen molar-refractivity contribution in [1.82, 2.24) is 15.4 Å². The highest BCUT2D eigenvalue weighted by molar-refractivity contribution is 5.92. The lowest BCUT2D eigenvalue weighted by atomic mass is 10.3. The van der Waals surface area contributed by atoms with Crippen molar-refractivity contribution in [2.75, 3.05) is 34.3 Å². The number of hydrogen-bond donors (Lipinski definition) is 1. The maximum atomic E-state index is 11.8. The summed E-state index contributed by atoms with van der Waals surface area (Å²) in [5.74, 6) is 0.397. The van der Waals surface area contributed by atoms with E-state index in [-0.39, 0.29) is 5.91 Å². The molecule has 1 heterocycles. The average molecular weight is 227 g/mol. The second-order valence-corrected chi connectivity index (χ2v) is 3.44. The predicted octanol–water partition coefficient (Wildman–Crippen LogP) is 0.112. The molecule has 0 aliphatic heterocycles. The van der Waals surface area contributed by atoms with Crippen LogP contribution >= 0.6 is 0 Å². The van der Waals surface area contributed by atoms with Crippen molar-refractivity contribution in [3.63, 3.8) is 0 Å². The van der Waals surface area contributed by atoms with Crippen molar-refractivity contribution in [2.24, 2.45) is 0 Å². The molecular formula is C10H17N3O3. The SMILES string of the molecule is CNCCN(C)C(=O)c1cc(COC)on1. The quantitative estimate of drug-likeness (QED) is 0.747. The molecule has 1 rings (SSSR count). The Bertz CT molecular complexity index is 338. The van der Waals surface area contributed by atoms with Crippen LogP contribution in [0, 0.1) is 0 Å². The largest absolute Gasteiger partial charge is 0.377 e. The maximum absolute atomic E-state index is 11.8. The number of carbonyl (C=O) groups is 1. The van der Waals surface area contributed by atoms with Gasteiger partial charge < -0.3 is 19.5 Å². The fourth-order valence-electron chi connectivity index (χ4n) is 1.20. The van der Waals surface area contributed by atoms with E-state index in [1.165, 1.54) is 0 Å². The lowest BCUT2D eigenvalue weighted by Crippen LogP contribution is -2.32. The van der Waals surface area contributed by atoms with Crippen LogP contribution in [0.2, 0.25) is 0 Å². The number of carbonyl (C=O) groups excluding carboxylic acids is 1. The third-order valence-corrected chi connectivity index (χ3v) is 2.11. The normalized spacial score (nSPS) is 10.4. The van der Waals surface area contributed by atoms with Crippen LogP contribution in [0.15, 0.2) is 10.6 Å². The number of hydrogen-bond acceptors (Lipinski definition) is 5. The first-order valence-electron chi connectivity index (χ1n) is 5.03. The zero-order valence-electron chi connectivity index (χ0n) is 9.82. The van der Waals surface area contributed by atoms with E-state index in [0.717, 1.165) is 6.54 Å². The summed E-state index contributed by atoms with van der Waals surface area (Å²) in [6, 6.07) is 1.60. The third-order valence-electron chi connectivity index (χ3n) is 2.11.